The van der Waals surface area contributed by atoms with Crippen molar-refractivity contribution in [1.29, 1.82) is 0 Å². The molecule has 0 aliphatic carbocycles. The Hall–Kier alpha value is -3.52. The van der Waals surface area contributed by atoms with E-state index in [0.29, 0.717) is 17.8 Å². The highest BCUT2D eigenvalue weighted by Gasteiger charge is 2.18. The Kier molecular flexibility index (Phi) is 24.2. The first-order valence-electron chi connectivity index (χ1n) is 24.9. The van der Waals surface area contributed by atoms with Gasteiger partial charge in [0.25, 0.3) is 0 Å². The van der Waals surface area contributed by atoms with E-state index in [2.05, 4.69) is 118 Å². The van der Waals surface area contributed by atoms with Gasteiger partial charge >= 0.3 is 0 Å². The summed E-state index contributed by atoms with van der Waals surface area (Å²) in [5, 5.41) is 0. The van der Waals surface area contributed by atoms with Crippen molar-refractivity contribution in [3.63, 3.8) is 0 Å². The Bertz CT molecular complexity index is 1470. The molecule has 59 heavy (non-hydrogen) atoms. The van der Waals surface area contributed by atoms with Gasteiger partial charge < -0.3 is 11.5 Å². The molecule has 2 atom stereocenters. The van der Waals surface area contributed by atoms with Gasteiger partial charge in [0.1, 0.15) is 0 Å². The highest BCUT2D eigenvalue weighted by Crippen LogP contribution is 2.34. The zero-order valence-electron chi connectivity index (χ0n) is 38.2. The topological polar surface area (TPSA) is 52.0 Å². The number of hydrogen-bond acceptors (Lipinski definition) is 2. The maximum absolute atomic E-state index is 6.13. The van der Waals surface area contributed by atoms with Crippen LogP contribution >= 0.6 is 0 Å². The minimum atomic E-state index is 0.426. The number of hydrogen-bond donors (Lipinski definition) is 2. The zero-order chi connectivity index (χ0) is 41.8. The van der Waals surface area contributed by atoms with Crippen molar-refractivity contribution < 1.29 is 0 Å². The van der Waals surface area contributed by atoms with E-state index in [9.17, 15) is 0 Å². The summed E-state index contributed by atoms with van der Waals surface area (Å²) in [5.74, 6) is 1.50. The monoisotopic (exact) mass is 799 g/mol. The van der Waals surface area contributed by atoms with Crippen molar-refractivity contribution in [3.8, 4) is 0 Å². The molecule has 0 aromatic heterocycles. The number of anilines is 2. The van der Waals surface area contributed by atoms with Crippen molar-refractivity contribution in [2.24, 2.45) is 5.92 Å². The van der Waals surface area contributed by atoms with E-state index >= 15 is 0 Å². The van der Waals surface area contributed by atoms with Gasteiger partial charge in [0.05, 0.1) is 0 Å². The van der Waals surface area contributed by atoms with Crippen LogP contribution in [0.1, 0.15) is 227 Å². The standard InChI is InChI=1S/C57H86N2/c1-4-7-10-13-16-19-20-23-26-49(45-47-29-33-50(34-30-47)56(52-37-41-54(58)42-38-52)27-24-21-17-14-11-8-5-2)46-48-31-35-51(36-32-48)57(53-39-43-55(59)44-40-53)28-25-22-18-15-12-9-6-3/h29-44,49,56-57H,4-28,45-46,58-59H2,1-3H3. The second-order valence-electron chi connectivity index (χ2n) is 18.3. The summed E-state index contributed by atoms with van der Waals surface area (Å²) in [6.07, 6.45) is 35.8. The molecule has 0 saturated heterocycles. The molecule has 2 unspecified atom stereocenters. The zero-order valence-corrected chi connectivity index (χ0v) is 38.2. The van der Waals surface area contributed by atoms with Gasteiger partial charge in [-0.05, 0) is 95.7 Å². The van der Waals surface area contributed by atoms with Gasteiger partial charge in [-0.25, -0.2) is 0 Å². The predicted octanol–water partition coefficient (Wildman–Crippen LogP) is 17.3. The number of unbranched alkanes of at least 4 members (excludes halogenated alkanes) is 19. The Balaban J connectivity index is 1.43. The molecule has 0 fully saturated rings. The summed E-state index contributed by atoms with van der Waals surface area (Å²) >= 11 is 0. The van der Waals surface area contributed by atoms with Gasteiger partial charge in [-0.1, -0.05) is 235 Å². The Morgan fingerprint density at radius 1 is 0.305 bits per heavy atom. The molecular formula is C57H86N2. The van der Waals surface area contributed by atoms with Gasteiger partial charge in [0.2, 0.25) is 0 Å². The first-order valence-corrected chi connectivity index (χ1v) is 24.9. The van der Waals surface area contributed by atoms with Gasteiger partial charge in [0, 0.05) is 23.2 Å². The summed E-state index contributed by atoms with van der Waals surface area (Å²) < 4.78 is 0. The Morgan fingerprint density at radius 2 is 0.559 bits per heavy atom. The first-order chi connectivity index (χ1) is 29.0. The fourth-order valence-electron chi connectivity index (χ4n) is 9.40. The molecule has 2 nitrogen and oxygen atoms in total. The molecule has 2 heteroatoms. The van der Waals surface area contributed by atoms with Crippen molar-refractivity contribution in [1.82, 2.24) is 0 Å². The van der Waals surface area contributed by atoms with Crippen LogP contribution in [-0.4, -0.2) is 0 Å². The van der Waals surface area contributed by atoms with E-state index in [0.717, 1.165) is 24.2 Å². The summed E-state index contributed by atoms with van der Waals surface area (Å²) in [6, 6.07) is 37.0. The van der Waals surface area contributed by atoms with Crippen molar-refractivity contribution in [3.05, 3.63) is 130 Å². The third-order valence-corrected chi connectivity index (χ3v) is 13.1. The molecule has 0 aliphatic rings. The molecule has 4 aromatic carbocycles. The van der Waals surface area contributed by atoms with E-state index < -0.39 is 0 Å². The Morgan fingerprint density at radius 3 is 0.864 bits per heavy atom. The molecule has 0 aliphatic heterocycles. The van der Waals surface area contributed by atoms with Crippen molar-refractivity contribution in [2.45, 2.75) is 206 Å². The van der Waals surface area contributed by atoms with Crippen molar-refractivity contribution >= 4 is 11.4 Å². The molecule has 4 N–H and O–H groups in total. The highest BCUT2D eigenvalue weighted by atomic mass is 14.5. The minimum absolute atomic E-state index is 0.426. The minimum Gasteiger partial charge on any atom is -0.399 e. The van der Waals surface area contributed by atoms with Crippen LogP contribution in [-0.2, 0) is 12.8 Å². The first kappa shape index (κ1) is 48.1. The summed E-state index contributed by atoms with van der Waals surface area (Å²) in [6.45, 7) is 6.91. The average Bonchev–Trinajstić information content (AvgIpc) is 3.25. The fraction of sp³-hybridized carbons (Fsp3) is 0.579. The second kappa shape index (κ2) is 29.7. The molecule has 4 rings (SSSR count). The lowest BCUT2D eigenvalue weighted by molar-refractivity contribution is 0.444. The second-order valence-corrected chi connectivity index (χ2v) is 18.3. The summed E-state index contributed by atoms with van der Waals surface area (Å²) in [4.78, 5) is 0. The number of benzene rings is 4. The number of rotatable bonds is 33. The molecule has 0 amide bonds. The molecular weight excluding hydrogens is 713 g/mol. The molecule has 0 radical (unpaired) electrons. The largest absolute Gasteiger partial charge is 0.399 e. The highest BCUT2D eigenvalue weighted by molar-refractivity contribution is 5.44. The molecule has 0 bridgehead atoms. The van der Waals surface area contributed by atoms with Crippen LogP contribution in [0.2, 0.25) is 0 Å². The lowest BCUT2D eigenvalue weighted by Crippen LogP contribution is -2.10. The van der Waals surface area contributed by atoms with E-state index in [1.165, 1.54) is 194 Å². The van der Waals surface area contributed by atoms with E-state index in [1.807, 2.05) is 0 Å². The number of nitrogens with two attached hydrogens (primary N) is 2. The maximum Gasteiger partial charge on any atom is 0.0314 e. The summed E-state index contributed by atoms with van der Waals surface area (Å²) in [5.41, 5.74) is 22.6. The fourth-order valence-corrected chi connectivity index (χ4v) is 9.40. The predicted molar refractivity (Wildman–Crippen MR) is 262 cm³/mol. The quantitative estimate of drug-likeness (QED) is 0.0373. The maximum atomic E-state index is 6.13. The van der Waals surface area contributed by atoms with E-state index in [1.54, 1.807) is 0 Å². The van der Waals surface area contributed by atoms with Crippen LogP contribution in [0.15, 0.2) is 97.1 Å². The molecule has 0 saturated carbocycles. The third-order valence-electron chi connectivity index (χ3n) is 13.1. The van der Waals surface area contributed by atoms with Crippen LogP contribution in [0, 0.1) is 5.92 Å². The van der Waals surface area contributed by atoms with Crippen LogP contribution in [0.5, 0.6) is 0 Å². The molecule has 0 spiro atoms. The SMILES string of the molecule is CCCCCCCCCCC(Cc1ccc(C(CCCCCCCCC)c2ccc(N)cc2)cc1)Cc1ccc(C(CCCCCCCCC)c2ccc(N)cc2)cc1. The van der Waals surface area contributed by atoms with E-state index in [4.69, 9.17) is 11.5 Å². The van der Waals surface area contributed by atoms with Gasteiger partial charge in [0.15, 0.2) is 0 Å². The van der Waals surface area contributed by atoms with Crippen molar-refractivity contribution in [2.75, 3.05) is 11.5 Å². The average molecular weight is 799 g/mol. The van der Waals surface area contributed by atoms with Gasteiger partial charge in [-0.3, -0.25) is 0 Å². The smallest absolute Gasteiger partial charge is 0.0314 e. The molecule has 324 valence electrons. The van der Waals surface area contributed by atoms with Gasteiger partial charge in [-0.15, -0.1) is 0 Å². The number of nitrogen functional groups attached to an aromatic ring is 2. The normalized spacial score (nSPS) is 13.1. The lowest BCUT2D eigenvalue weighted by atomic mass is 9.83. The summed E-state index contributed by atoms with van der Waals surface area (Å²) in [7, 11) is 0. The molecule has 0 heterocycles. The molecule has 4 aromatic rings. The van der Waals surface area contributed by atoms with Crippen LogP contribution in [0.4, 0.5) is 11.4 Å². The third kappa shape index (κ3) is 19.2. The van der Waals surface area contributed by atoms with Crippen LogP contribution in [0.25, 0.3) is 0 Å². The van der Waals surface area contributed by atoms with Crippen LogP contribution in [0.3, 0.4) is 0 Å². The van der Waals surface area contributed by atoms with Crippen LogP contribution < -0.4 is 11.5 Å². The lowest BCUT2D eigenvalue weighted by Gasteiger charge is -2.21. The van der Waals surface area contributed by atoms with E-state index in [-0.39, 0.29) is 0 Å². The van der Waals surface area contributed by atoms with Gasteiger partial charge in [-0.2, -0.15) is 0 Å². The Labute approximate surface area is 363 Å².